The monoisotopic (exact) mass is 306 g/mol. The third kappa shape index (κ3) is 4.26. The summed E-state index contributed by atoms with van der Waals surface area (Å²) in [5.74, 6) is -1.08. The van der Waals surface area contributed by atoms with Gasteiger partial charge in [-0.05, 0) is 36.6 Å². The number of benzene rings is 1. The van der Waals surface area contributed by atoms with Crippen LogP contribution in [0, 0.1) is 5.82 Å². The number of nitrogens with one attached hydrogen (secondary N) is 1. The van der Waals surface area contributed by atoms with Gasteiger partial charge in [0.25, 0.3) is 5.91 Å². The Morgan fingerprint density at radius 2 is 2.05 bits per heavy atom. The molecule has 2 aromatic rings. The second-order valence-electron chi connectivity index (χ2n) is 4.75. The van der Waals surface area contributed by atoms with Gasteiger partial charge in [0.2, 0.25) is 0 Å². The van der Waals surface area contributed by atoms with E-state index >= 15 is 0 Å². The molecule has 2 rings (SSSR count). The Hall–Kier alpha value is -1.94. The van der Waals surface area contributed by atoms with Crippen LogP contribution in [0.5, 0.6) is 0 Å². The first kappa shape index (κ1) is 15.4. The molecule has 0 fully saturated rings. The molecule has 0 radical (unpaired) electrons. The van der Waals surface area contributed by atoms with Gasteiger partial charge in [0, 0.05) is 5.69 Å². The number of pyridine rings is 1. The van der Waals surface area contributed by atoms with Crippen molar-refractivity contribution >= 4 is 23.2 Å². The van der Waals surface area contributed by atoms with Crippen LogP contribution in [0.3, 0.4) is 0 Å². The highest BCUT2D eigenvalue weighted by Crippen LogP contribution is 2.17. The first-order valence-electron chi connectivity index (χ1n) is 6.81. The molecule has 1 N–H and O–H groups in total. The summed E-state index contributed by atoms with van der Waals surface area (Å²) in [4.78, 5) is 15.7. The number of amides is 1. The third-order valence-corrected chi connectivity index (χ3v) is 3.38. The summed E-state index contributed by atoms with van der Waals surface area (Å²) in [5.41, 5.74) is 1.88. The number of aromatic nitrogens is 1. The summed E-state index contributed by atoms with van der Waals surface area (Å²) < 4.78 is 13.1. The van der Waals surface area contributed by atoms with Gasteiger partial charge >= 0.3 is 0 Å². The van der Waals surface area contributed by atoms with Crippen molar-refractivity contribution < 1.29 is 9.18 Å². The van der Waals surface area contributed by atoms with Gasteiger partial charge < -0.3 is 5.32 Å². The number of aryl methyl sites for hydroxylation is 1. The van der Waals surface area contributed by atoms with E-state index in [9.17, 15) is 9.18 Å². The summed E-state index contributed by atoms with van der Waals surface area (Å²) in [5, 5.41) is 2.66. The zero-order valence-corrected chi connectivity index (χ0v) is 12.5. The number of unbranched alkanes of at least 4 members (excludes halogenated alkanes) is 1. The Kier molecular flexibility index (Phi) is 5.28. The van der Waals surface area contributed by atoms with Crippen LogP contribution in [0.2, 0.25) is 5.15 Å². The van der Waals surface area contributed by atoms with Gasteiger partial charge in [-0.2, -0.15) is 0 Å². The zero-order chi connectivity index (χ0) is 15.2. The van der Waals surface area contributed by atoms with Gasteiger partial charge in [-0.1, -0.05) is 37.1 Å². The lowest BCUT2D eigenvalue weighted by Gasteiger charge is -2.07. The van der Waals surface area contributed by atoms with Crippen LogP contribution in [0.4, 0.5) is 10.1 Å². The number of nitrogens with zero attached hydrogens (tertiary/aromatic N) is 1. The van der Waals surface area contributed by atoms with Crippen LogP contribution in [0.25, 0.3) is 0 Å². The minimum Gasteiger partial charge on any atom is -0.322 e. The van der Waals surface area contributed by atoms with Crippen molar-refractivity contribution in [1.29, 1.82) is 0 Å². The van der Waals surface area contributed by atoms with Gasteiger partial charge in [0.1, 0.15) is 11.0 Å². The van der Waals surface area contributed by atoms with Gasteiger partial charge in [0.15, 0.2) is 0 Å². The predicted molar refractivity (Wildman–Crippen MR) is 82.2 cm³/mol. The fourth-order valence-electron chi connectivity index (χ4n) is 1.92. The van der Waals surface area contributed by atoms with E-state index in [2.05, 4.69) is 17.2 Å². The molecule has 110 valence electrons. The molecule has 5 heteroatoms. The number of carbonyl (C=O) groups is 1. The normalized spacial score (nSPS) is 10.4. The van der Waals surface area contributed by atoms with Gasteiger partial charge in [-0.15, -0.1) is 0 Å². The average molecular weight is 307 g/mol. The Balaban J connectivity index is 2.07. The van der Waals surface area contributed by atoms with E-state index in [1.165, 1.54) is 5.56 Å². The van der Waals surface area contributed by atoms with Crippen LogP contribution >= 0.6 is 11.6 Å². The molecule has 0 spiro atoms. The molecule has 0 bridgehead atoms. The topological polar surface area (TPSA) is 42.0 Å². The number of anilines is 1. The standard InChI is InChI=1S/C16H16ClFN2O/c1-2-3-4-11-5-7-13(8-6-11)20-16(21)14-9-12(18)10-19-15(14)17/h5-10H,2-4H2,1H3,(H,20,21). The maximum Gasteiger partial charge on any atom is 0.258 e. The Morgan fingerprint density at radius 1 is 1.33 bits per heavy atom. The molecule has 0 saturated heterocycles. The number of hydrogen-bond acceptors (Lipinski definition) is 2. The van der Waals surface area contributed by atoms with E-state index in [0.29, 0.717) is 5.69 Å². The smallest absolute Gasteiger partial charge is 0.258 e. The molecule has 1 aromatic carbocycles. The average Bonchev–Trinajstić information content (AvgIpc) is 2.49. The molecule has 0 aliphatic heterocycles. The summed E-state index contributed by atoms with van der Waals surface area (Å²) in [6, 6.07) is 8.65. The largest absolute Gasteiger partial charge is 0.322 e. The number of halogens is 2. The second kappa shape index (κ2) is 7.18. The van der Waals surface area contributed by atoms with Gasteiger partial charge in [0.05, 0.1) is 11.8 Å². The minimum atomic E-state index is -0.598. The van der Waals surface area contributed by atoms with E-state index < -0.39 is 11.7 Å². The first-order chi connectivity index (χ1) is 10.1. The molecule has 1 aromatic heterocycles. The van der Waals surface area contributed by atoms with E-state index in [4.69, 9.17) is 11.6 Å². The molecule has 0 aliphatic rings. The maximum atomic E-state index is 13.1. The van der Waals surface area contributed by atoms with Crippen LogP contribution in [0.1, 0.15) is 35.7 Å². The molecule has 0 atom stereocenters. The molecule has 1 heterocycles. The summed E-state index contributed by atoms with van der Waals surface area (Å²) in [6.07, 6.45) is 4.27. The lowest BCUT2D eigenvalue weighted by Crippen LogP contribution is -2.13. The van der Waals surface area contributed by atoms with Crippen LogP contribution in [-0.4, -0.2) is 10.9 Å². The van der Waals surface area contributed by atoms with Crippen LogP contribution < -0.4 is 5.32 Å². The van der Waals surface area contributed by atoms with Crippen LogP contribution in [-0.2, 0) is 6.42 Å². The summed E-state index contributed by atoms with van der Waals surface area (Å²) in [7, 11) is 0. The summed E-state index contributed by atoms with van der Waals surface area (Å²) >= 11 is 5.80. The Morgan fingerprint density at radius 3 is 2.71 bits per heavy atom. The van der Waals surface area contributed by atoms with Crippen molar-refractivity contribution in [3.05, 3.63) is 58.6 Å². The van der Waals surface area contributed by atoms with Crippen LogP contribution in [0.15, 0.2) is 36.5 Å². The van der Waals surface area contributed by atoms with Crippen molar-refractivity contribution in [2.24, 2.45) is 0 Å². The second-order valence-corrected chi connectivity index (χ2v) is 5.10. The van der Waals surface area contributed by atoms with E-state index in [-0.39, 0.29) is 10.7 Å². The molecular weight excluding hydrogens is 291 g/mol. The molecule has 3 nitrogen and oxygen atoms in total. The molecule has 0 aliphatic carbocycles. The SMILES string of the molecule is CCCCc1ccc(NC(=O)c2cc(F)cnc2Cl)cc1. The van der Waals surface area contributed by atoms with Crippen molar-refractivity contribution in [3.8, 4) is 0 Å². The minimum absolute atomic E-state index is 0.0199. The fourth-order valence-corrected chi connectivity index (χ4v) is 2.11. The van der Waals surface area contributed by atoms with Gasteiger partial charge in [-0.3, -0.25) is 4.79 Å². The quantitative estimate of drug-likeness (QED) is 0.828. The van der Waals surface area contributed by atoms with Crippen molar-refractivity contribution in [1.82, 2.24) is 4.98 Å². The maximum absolute atomic E-state index is 13.1. The summed E-state index contributed by atoms with van der Waals surface area (Å²) in [6.45, 7) is 2.14. The highest BCUT2D eigenvalue weighted by Gasteiger charge is 2.13. The lowest BCUT2D eigenvalue weighted by molar-refractivity contribution is 0.102. The molecule has 0 saturated carbocycles. The third-order valence-electron chi connectivity index (χ3n) is 3.08. The number of carbonyl (C=O) groups excluding carboxylic acids is 1. The highest BCUT2D eigenvalue weighted by molar-refractivity contribution is 6.33. The first-order valence-corrected chi connectivity index (χ1v) is 7.19. The zero-order valence-electron chi connectivity index (χ0n) is 11.7. The van der Waals surface area contributed by atoms with E-state index in [0.717, 1.165) is 31.5 Å². The highest BCUT2D eigenvalue weighted by atomic mass is 35.5. The fraction of sp³-hybridized carbons (Fsp3) is 0.250. The molecule has 21 heavy (non-hydrogen) atoms. The predicted octanol–water partition coefficient (Wildman–Crippen LogP) is 4.47. The van der Waals surface area contributed by atoms with Crippen molar-refractivity contribution in [3.63, 3.8) is 0 Å². The Labute approximate surface area is 128 Å². The number of rotatable bonds is 5. The Bertz CT molecular complexity index is 629. The molecule has 1 amide bonds. The lowest BCUT2D eigenvalue weighted by atomic mass is 10.1. The number of hydrogen-bond donors (Lipinski definition) is 1. The van der Waals surface area contributed by atoms with Crippen molar-refractivity contribution in [2.45, 2.75) is 26.2 Å². The van der Waals surface area contributed by atoms with Gasteiger partial charge in [-0.25, -0.2) is 9.37 Å². The molecular formula is C16H16ClFN2O. The molecule has 0 unspecified atom stereocenters. The van der Waals surface area contributed by atoms with Crippen molar-refractivity contribution in [2.75, 3.05) is 5.32 Å². The van der Waals surface area contributed by atoms with E-state index in [1.807, 2.05) is 24.3 Å². The van der Waals surface area contributed by atoms with E-state index in [1.54, 1.807) is 0 Å².